The zero-order valence-corrected chi connectivity index (χ0v) is 20.8. The van der Waals surface area contributed by atoms with Crippen LogP contribution in [0.3, 0.4) is 0 Å². The van der Waals surface area contributed by atoms with Crippen LogP contribution in [-0.4, -0.2) is 46.7 Å². The minimum absolute atomic E-state index is 0.186. The number of cyclic esters (lactones) is 1. The Bertz CT molecular complexity index is 1450. The molecule has 196 valence electrons. The maximum absolute atomic E-state index is 15.0. The Balaban J connectivity index is 1.35. The molecule has 1 fully saturated rings. The van der Waals surface area contributed by atoms with Crippen LogP contribution in [-0.2, 0) is 27.9 Å². The van der Waals surface area contributed by atoms with E-state index >= 15 is 0 Å². The van der Waals surface area contributed by atoms with Gasteiger partial charge in [-0.2, -0.15) is 0 Å². The summed E-state index contributed by atoms with van der Waals surface area (Å²) >= 11 is 0. The molecule has 4 rings (SSSR count). The lowest BCUT2D eigenvalue weighted by Gasteiger charge is -2.15. The number of carbonyl (C=O) groups excluding carboxylic acids is 3. The Hall–Kier alpha value is -4.80. The van der Waals surface area contributed by atoms with Gasteiger partial charge in [0.25, 0.3) is 5.56 Å². The molecule has 3 aromatic rings. The second-order valence-electron chi connectivity index (χ2n) is 8.73. The Morgan fingerprint density at radius 1 is 1.16 bits per heavy atom. The highest BCUT2D eigenvalue weighted by atomic mass is 19.1. The molecule has 0 saturated carbocycles. The highest BCUT2D eigenvalue weighted by Crippen LogP contribution is 2.29. The molecule has 1 atom stereocenters. The molecule has 1 aliphatic rings. The van der Waals surface area contributed by atoms with Gasteiger partial charge in [-0.25, -0.2) is 14.2 Å². The maximum Gasteiger partial charge on any atom is 0.414 e. The summed E-state index contributed by atoms with van der Waals surface area (Å²) in [6.07, 6.45) is 4.34. The average molecular weight is 520 g/mol. The first-order valence-electron chi connectivity index (χ1n) is 11.8. The number of anilines is 1. The van der Waals surface area contributed by atoms with Crippen molar-refractivity contribution < 1.29 is 23.5 Å². The van der Waals surface area contributed by atoms with Crippen molar-refractivity contribution in [2.45, 2.75) is 19.6 Å². The molecule has 1 aromatic heterocycles. The summed E-state index contributed by atoms with van der Waals surface area (Å²) in [5, 5.41) is 5.33. The largest absolute Gasteiger partial charge is 0.442 e. The molecule has 0 aliphatic carbocycles. The first-order chi connectivity index (χ1) is 18.2. The lowest BCUT2D eigenvalue weighted by molar-refractivity contribution is -0.119. The standard InChI is InChI=1S/C27H26FN5O5/c1-17(34)30-14-22-15-33(27(37)38-22)21-8-9-23(24(28)11-21)19-5-3-18(4-6-19)12-31-25(35)10-7-20-13-29-16-32(2)26(20)36/h3-11,13,16,22H,12,14-15H2,1-2H3,(H,30,34)(H,31,35)/b10-7+/t22-/m0/s1. The van der Waals surface area contributed by atoms with Crippen molar-refractivity contribution in [3.8, 4) is 11.1 Å². The summed E-state index contributed by atoms with van der Waals surface area (Å²) in [4.78, 5) is 52.6. The smallest absolute Gasteiger partial charge is 0.414 e. The highest BCUT2D eigenvalue weighted by Gasteiger charge is 2.32. The number of benzene rings is 2. The van der Waals surface area contributed by atoms with Crippen molar-refractivity contribution in [1.82, 2.24) is 20.2 Å². The van der Waals surface area contributed by atoms with E-state index in [0.29, 0.717) is 22.4 Å². The van der Waals surface area contributed by atoms with E-state index in [-0.39, 0.29) is 37.0 Å². The van der Waals surface area contributed by atoms with Gasteiger partial charge in [0.15, 0.2) is 0 Å². The summed E-state index contributed by atoms with van der Waals surface area (Å²) in [6.45, 7) is 2.00. The van der Waals surface area contributed by atoms with Gasteiger partial charge in [-0.05, 0) is 35.4 Å². The summed E-state index contributed by atoms with van der Waals surface area (Å²) in [7, 11) is 1.58. The molecule has 2 heterocycles. The van der Waals surface area contributed by atoms with Crippen LogP contribution in [0.2, 0.25) is 0 Å². The van der Waals surface area contributed by atoms with Crippen LogP contribution in [0.1, 0.15) is 18.1 Å². The van der Waals surface area contributed by atoms with Gasteiger partial charge >= 0.3 is 6.09 Å². The van der Waals surface area contributed by atoms with Gasteiger partial charge in [0.1, 0.15) is 11.9 Å². The summed E-state index contributed by atoms with van der Waals surface area (Å²) < 4.78 is 21.5. The van der Waals surface area contributed by atoms with Crippen molar-refractivity contribution in [3.63, 3.8) is 0 Å². The summed E-state index contributed by atoms with van der Waals surface area (Å²) in [6, 6.07) is 11.5. The van der Waals surface area contributed by atoms with Crippen molar-refractivity contribution in [2.24, 2.45) is 7.05 Å². The van der Waals surface area contributed by atoms with Gasteiger partial charge in [0.2, 0.25) is 11.8 Å². The van der Waals surface area contributed by atoms with Crippen molar-refractivity contribution >= 4 is 29.7 Å². The maximum atomic E-state index is 15.0. The molecule has 38 heavy (non-hydrogen) atoms. The average Bonchev–Trinajstić information content (AvgIpc) is 3.28. The number of ether oxygens (including phenoxy) is 1. The fraction of sp³-hybridized carbons (Fsp3) is 0.222. The van der Waals surface area contributed by atoms with Crippen LogP contribution in [0.5, 0.6) is 0 Å². The number of nitrogens with zero attached hydrogens (tertiary/aromatic N) is 3. The first kappa shape index (κ1) is 26.3. The molecule has 1 saturated heterocycles. The normalized spacial score (nSPS) is 15.0. The van der Waals surface area contributed by atoms with Crippen LogP contribution in [0.15, 0.2) is 65.9 Å². The molecule has 1 aliphatic heterocycles. The Kier molecular flexibility index (Phi) is 7.95. The van der Waals surface area contributed by atoms with Gasteiger partial charge in [0.05, 0.1) is 30.7 Å². The monoisotopic (exact) mass is 519 g/mol. The molecule has 3 amide bonds. The molecule has 0 radical (unpaired) electrons. The van der Waals surface area contributed by atoms with Crippen LogP contribution < -0.4 is 21.1 Å². The first-order valence-corrected chi connectivity index (χ1v) is 11.8. The Morgan fingerprint density at radius 3 is 2.63 bits per heavy atom. The van der Waals surface area contributed by atoms with Gasteiger partial charge in [-0.1, -0.05) is 24.3 Å². The molecule has 2 aromatic carbocycles. The van der Waals surface area contributed by atoms with Crippen molar-refractivity contribution in [2.75, 3.05) is 18.0 Å². The minimum Gasteiger partial charge on any atom is -0.442 e. The quantitative estimate of drug-likeness (QED) is 0.441. The molecule has 10 nitrogen and oxygen atoms in total. The summed E-state index contributed by atoms with van der Waals surface area (Å²) in [5.41, 5.74) is 2.19. The minimum atomic E-state index is -0.600. The molecular weight excluding hydrogens is 493 g/mol. The Labute approximate surface area is 217 Å². The lowest BCUT2D eigenvalue weighted by atomic mass is 10.0. The van der Waals surface area contributed by atoms with Crippen molar-refractivity contribution in [1.29, 1.82) is 0 Å². The third-order valence-corrected chi connectivity index (χ3v) is 5.88. The van der Waals surface area contributed by atoms with Crippen molar-refractivity contribution in [3.05, 3.63) is 88.4 Å². The van der Waals surface area contributed by atoms with Gasteiger partial charge < -0.3 is 19.9 Å². The predicted molar refractivity (Wildman–Crippen MR) is 138 cm³/mol. The number of carbonyl (C=O) groups is 3. The van der Waals surface area contributed by atoms with Gasteiger partial charge in [-0.15, -0.1) is 0 Å². The van der Waals surface area contributed by atoms with Gasteiger partial charge in [0, 0.05) is 38.4 Å². The van der Waals surface area contributed by atoms with E-state index in [0.717, 1.165) is 5.56 Å². The second-order valence-corrected chi connectivity index (χ2v) is 8.73. The fourth-order valence-corrected chi connectivity index (χ4v) is 3.86. The highest BCUT2D eigenvalue weighted by molar-refractivity contribution is 5.91. The number of rotatable bonds is 8. The third-order valence-electron chi connectivity index (χ3n) is 5.88. The number of aromatic nitrogens is 2. The number of amides is 3. The Morgan fingerprint density at radius 2 is 1.92 bits per heavy atom. The molecule has 0 bridgehead atoms. The molecule has 11 heteroatoms. The van der Waals surface area contributed by atoms with Crippen LogP contribution in [0, 0.1) is 5.82 Å². The molecule has 0 spiro atoms. The van der Waals surface area contributed by atoms with Crippen LogP contribution in [0.4, 0.5) is 14.9 Å². The number of hydrogen-bond donors (Lipinski definition) is 2. The second kappa shape index (κ2) is 11.5. The van der Waals surface area contributed by atoms with E-state index in [1.807, 2.05) is 0 Å². The van der Waals surface area contributed by atoms with E-state index in [4.69, 9.17) is 4.74 Å². The summed E-state index contributed by atoms with van der Waals surface area (Å²) in [5.74, 6) is -1.11. The molecule has 2 N–H and O–H groups in total. The third kappa shape index (κ3) is 6.30. The molecule has 0 unspecified atom stereocenters. The van der Waals surface area contributed by atoms with E-state index in [2.05, 4.69) is 15.6 Å². The van der Waals surface area contributed by atoms with E-state index < -0.39 is 18.0 Å². The number of halogens is 1. The zero-order valence-electron chi connectivity index (χ0n) is 20.8. The topological polar surface area (TPSA) is 123 Å². The van der Waals surface area contributed by atoms with E-state index in [1.165, 1.54) is 47.1 Å². The SMILES string of the molecule is CC(=O)NC[C@H]1CN(c2ccc(-c3ccc(CNC(=O)/C=C/c4cncn(C)c4=O)cc3)c(F)c2)C(=O)O1. The molecular formula is C27H26FN5O5. The predicted octanol–water partition coefficient (Wildman–Crippen LogP) is 2.38. The van der Waals surface area contributed by atoms with E-state index in [1.54, 1.807) is 43.4 Å². The van der Waals surface area contributed by atoms with E-state index in [9.17, 15) is 23.6 Å². The van der Waals surface area contributed by atoms with Crippen LogP contribution in [0.25, 0.3) is 17.2 Å². The fourth-order valence-electron chi connectivity index (χ4n) is 3.86. The number of nitrogens with one attached hydrogen (secondary N) is 2. The zero-order chi connectivity index (χ0) is 27.2. The van der Waals surface area contributed by atoms with Gasteiger partial charge in [-0.3, -0.25) is 19.3 Å². The number of aryl methyl sites for hydroxylation is 1. The van der Waals surface area contributed by atoms with Crippen LogP contribution >= 0.6 is 0 Å². The lowest BCUT2D eigenvalue weighted by Crippen LogP contribution is -2.33. The number of hydrogen-bond acceptors (Lipinski definition) is 6.